The van der Waals surface area contributed by atoms with Crippen molar-refractivity contribution in [2.24, 2.45) is 0 Å². The normalized spacial score (nSPS) is 13.8. The summed E-state index contributed by atoms with van der Waals surface area (Å²) < 4.78 is 0. The van der Waals surface area contributed by atoms with Crippen LogP contribution in [0.1, 0.15) is 26.7 Å². The summed E-state index contributed by atoms with van der Waals surface area (Å²) in [6.07, 6.45) is 2.49. The smallest absolute Gasteiger partial charge is 0.0109 e. The predicted octanol–water partition coefficient (Wildman–Crippen LogP) is 1.26. The van der Waals surface area contributed by atoms with Gasteiger partial charge in [0.25, 0.3) is 0 Å². The third-order valence-electron chi connectivity index (χ3n) is 3.20. The van der Waals surface area contributed by atoms with Gasteiger partial charge in [-0.2, -0.15) is 0 Å². The van der Waals surface area contributed by atoms with Crippen LogP contribution in [0.15, 0.2) is 0 Å². The Labute approximate surface area is 95.8 Å². The molecule has 1 atom stereocenters. The number of rotatable bonds is 9. The van der Waals surface area contributed by atoms with Gasteiger partial charge in [0.2, 0.25) is 0 Å². The van der Waals surface area contributed by atoms with Crippen LogP contribution in [-0.2, 0) is 0 Å². The molecule has 1 unspecified atom stereocenters. The van der Waals surface area contributed by atoms with Crippen LogP contribution in [0.4, 0.5) is 0 Å². The zero-order valence-corrected chi connectivity index (χ0v) is 11.2. The molecule has 0 bridgehead atoms. The number of likely N-dealkylation sites (N-methyl/N-ethyl adjacent to an activating group) is 2. The lowest BCUT2D eigenvalue weighted by Crippen LogP contribution is -2.38. The van der Waals surface area contributed by atoms with Gasteiger partial charge < -0.3 is 15.1 Å². The van der Waals surface area contributed by atoms with Crippen molar-refractivity contribution in [3.8, 4) is 0 Å². The third kappa shape index (κ3) is 6.88. The second-order valence-corrected chi connectivity index (χ2v) is 4.33. The molecule has 0 aliphatic rings. The largest absolute Gasteiger partial charge is 0.320 e. The topological polar surface area (TPSA) is 18.5 Å². The number of nitrogens with zero attached hydrogens (tertiary/aromatic N) is 2. The molecule has 0 aromatic carbocycles. The Bertz CT molecular complexity index is 139. The molecule has 0 radical (unpaired) electrons. The zero-order valence-electron chi connectivity index (χ0n) is 11.2. The summed E-state index contributed by atoms with van der Waals surface area (Å²) in [5.41, 5.74) is 0. The molecule has 0 aliphatic carbocycles. The molecule has 92 valence electrons. The van der Waals surface area contributed by atoms with E-state index in [0.29, 0.717) is 0 Å². The zero-order chi connectivity index (χ0) is 11.7. The van der Waals surface area contributed by atoms with Gasteiger partial charge in [-0.25, -0.2) is 0 Å². The van der Waals surface area contributed by atoms with E-state index in [2.05, 4.69) is 43.1 Å². The lowest BCUT2D eigenvalue weighted by Gasteiger charge is -2.28. The van der Waals surface area contributed by atoms with Crippen molar-refractivity contribution in [3.63, 3.8) is 0 Å². The molecule has 0 aromatic rings. The average Bonchev–Trinajstić information content (AvgIpc) is 2.26. The third-order valence-corrected chi connectivity index (χ3v) is 3.20. The van der Waals surface area contributed by atoms with Crippen LogP contribution in [0.5, 0.6) is 0 Å². The summed E-state index contributed by atoms with van der Waals surface area (Å²) in [4.78, 5) is 4.85. The van der Waals surface area contributed by atoms with Gasteiger partial charge in [-0.3, -0.25) is 0 Å². The first-order valence-corrected chi connectivity index (χ1v) is 6.19. The summed E-state index contributed by atoms with van der Waals surface area (Å²) in [5.74, 6) is 0. The molecule has 0 aromatic heterocycles. The molecule has 0 spiro atoms. The highest BCUT2D eigenvalue weighted by Crippen LogP contribution is 2.05. The molecule has 0 heterocycles. The van der Waals surface area contributed by atoms with Gasteiger partial charge >= 0.3 is 0 Å². The van der Waals surface area contributed by atoms with Crippen LogP contribution in [0.2, 0.25) is 0 Å². The van der Waals surface area contributed by atoms with Crippen LogP contribution in [-0.4, -0.2) is 63.2 Å². The minimum Gasteiger partial charge on any atom is -0.320 e. The highest BCUT2D eigenvalue weighted by atomic mass is 15.2. The summed E-state index contributed by atoms with van der Waals surface area (Å²) in [6, 6.07) is 0.725. The van der Waals surface area contributed by atoms with E-state index in [1.54, 1.807) is 0 Å². The minimum absolute atomic E-state index is 0.725. The molecule has 1 N–H and O–H groups in total. The maximum atomic E-state index is 3.23. The first-order valence-electron chi connectivity index (χ1n) is 6.19. The molecular weight excluding hydrogens is 186 g/mol. The standard InChI is InChI=1S/C12H29N3/c1-6-12(8-9-13-3)15(5)11-10-14(4)7-2/h12-13H,6-11H2,1-5H3. The highest BCUT2D eigenvalue weighted by molar-refractivity contribution is 4.69. The predicted molar refractivity (Wildman–Crippen MR) is 68.4 cm³/mol. The van der Waals surface area contributed by atoms with Crippen molar-refractivity contribution >= 4 is 0 Å². The Kier molecular flexibility index (Phi) is 9.06. The molecule has 3 nitrogen and oxygen atoms in total. The molecule has 0 aliphatic heterocycles. The van der Waals surface area contributed by atoms with Crippen molar-refractivity contribution in [2.75, 3.05) is 47.3 Å². The first-order chi connectivity index (χ1) is 7.15. The van der Waals surface area contributed by atoms with Crippen molar-refractivity contribution in [1.82, 2.24) is 15.1 Å². The van der Waals surface area contributed by atoms with Crippen molar-refractivity contribution in [2.45, 2.75) is 32.7 Å². The maximum Gasteiger partial charge on any atom is 0.0109 e. The van der Waals surface area contributed by atoms with Crippen molar-refractivity contribution < 1.29 is 0 Å². The Morgan fingerprint density at radius 3 is 2.27 bits per heavy atom. The molecule has 3 heteroatoms. The molecule has 0 saturated carbocycles. The Morgan fingerprint density at radius 2 is 1.80 bits per heavy atom. The molecule has 0 fully saturated rings. The van der Waals surface area contributed by atoms with Crippen LogP contribution < -0.4 is 5.32 Å². The van der Waals surface area contributed by atoms with Crippen LogP contribution in [0.3, 0.4) is 0 Å². The van der Waals surface area contributed by atoms with E-state index >= 15 is 0 Å². The van der Waals surface area contributed by atoms with E-state index < -0.39 is 0 Å². The van der Waals surface area contributed by atoms with Crippen LogP contribution in [0, 0.1) is 0 Å². The first kappa shape index (κ1) is 14.9. The molecular formula is C12H29N3. The van der Waals surface area contributed by atoms with E-state index in [-0.39, 0.29) is 0 Å². The lowest BCUT2D eigenvalue weighted by molar-refractivity contribution is 0.195. The summed E-state index contributed by atoms with van der Waals surface area (Å²) in [5, 5.41) is 3.23. The van der Waals surface area contributed by atoms with E-state index in [9.17, 15) is 0 Å². The van der Waals surface area contributed by atoms with Gasteiger partial charge in [-0.15, -0.1) is 0 Å². The average molecular weight is 215 g/mol. The second-order valence-electron chi connectivity index (χ2n) is 4.33. The number of hydrogen-bond donors (Lipinski definition) is 1. The fourth-order valence-electron chi connectivity index (χ4n) is 1.72. The summed E-state index contributed by atoms with van der Waals surface area (Å²) in [7, 11) is 6.45. The minimum atomic E-state index is 0.725. The number of hydrogen-bond acceptors (Lipinski definition) is 3. The van der Waals surface area contributed by atoms with Gasteiger partial charge in [0.1, 0.15) is 0 Å². The SMILES string of the molecule is CCC(CCNC)N(C)CCN(C)CC. The summed E-state index contributed by atoms with van der Waals surface area (Å²) >= 11 is 0. The monoisotopic (exact) mass is 215 g/mol. The summed E-state index contributed by atoms with van der Waals surface area (Å²) in [6.45, 7) is 9.09. The molecule has 0 amide bonds. The lowest BCUT2D eigenvalue weighted by atomic mass is 10.1. The van der Waals surface area contributed by atoms with Crippen LogP contribution in [0.25, 0.3) is 0 Å². The van der Waals surface area contributed by atoms with Crippen LogP contribution >= 0.6 is 0 Å². The van der Waals surface area contributed by atoms with E-state index in [0.717, 1.165) is 19.1 Å². The molecule has 15 heavy (non-hydrogen) atoms. The van der Waals surface area contributed by atoms with E-state index in [1.807, 2.05) is 7.05 Å². The molecule has 0 saturated heterocycles. The van der Waals surface area contributed by atoms with Gasteiger partial charge in [0.15, 0.2) is 0 Å². The van der Waals surface area contributed by atoms with Crippen molar-refractivity contribution in [1.29, 1.82) is 0 Å². The molecule has 0 rings (SSSR count). The van der Waals surface area contributed by atoms with Gasteiger partial charge in [-0.1, -0.05) is 13.8 Å². The second kappa shape index (κ2) is 9.13. The quantitative estimate of drug-likeness (QED) is 0.625. The van der Waals surface area contributed by atoms with Gasteiger partial charge in [-0.05, 0) is 47.1 Å². The van der Waals surface area contributed by atoms with E-state index in [1.165, 1.54) is 25.9 Å². The fourth-order valence-corrected chi connectivity index (χ4v) is 1.72. The van der Waals surface area contributed by atoms with Crippen molar-refractivity contribution in [3.05, 3.63) is 0 Å². The van der Waals surface area contributed by atoms with Gasteiger partial charge in [0.05, 0.1) is 0 Å². The van der Waals surface area contributed by atoms with Gasteiger partial charge in [0, 0.05) is 19.1 Å². The Hall–Kier alpha value is -0.120. The number of nitrogens with one attached hydrogen (secondary N) is 1. The Balaban J connectivity index is 3.76. The highest BCUT2D eigenvalue weighted by Gasteiger charge is 2.11. The maximum absolute atomic E-state index is 3.23. The Morgan fingerprint density at radius 1 is 1.13 bits per heavy atom. The fraction of sp³-hybridized carbons (Fsp3) is 1.00. The van der Waals surface area contributed by atoms with E-state index in [4.69, 9.17) is 0 Å².